The van der Waals surface area contributed by atoms with Crippen molar-refractivity contribution in [3.05, 3.63) is 45.7 Å². The molecule has 3 nitrogen and oxygen atoms in total. The molecule has 0 bridgehead atoms. The minimum Gasteiger partial charge on any atom is -0.311 e. The number of aromatic nitrogens is 2. The fourth-order valence-electron chi connectivity index (χ4n) is 2.20. The highest BCUT2D eigenvalue weighted by Crippen LogP contribution is 2.25. The van der Waals surface area contributed by atoms with Crippen LogP contribution in [0.5, 0.6) is 0 Å². The van der Waals surface area contributed by atoms with Crippen molar-refractivity contribution in [2.45, 2.75) is 19.9 Å². The number of aryl methyl sites for hydroxylation is 1. The van der Waals surface area contributed by atoms with Gasteiger partial charge in [0.2, 0.25) is 0 Å². The zero-order valence-corrected chi connectivity index (χ0v) is 11.3. The van der Waals surface area contributed by atoms with Gasteiger partial charge in [-0.3, -0.25) is 0 Å². The maximum Gasteiger partial charge on any atom is 0.132 e. The Morgan fingerprint density at radius 1 is 1.29 bits per heavy atom. The molecule has 1 aliphatic heterocycles. The zero-order chi connectivity index (χ0) is 11.8. The number of nitrogens with zero attached hydrogens (tertiary/aromatic N) is 2. The average molecular weight is 292 g/mol. The summed E-state index contributed by atoms with van der Waals surface area (Å²) in [5, 5.41) is 7.98. The van der Waals surface area contributed by atoms with Gasteiger partial charge >= 0.3 is 0 Å². The summed E-state index contributed by atoms with van der Waals surface area (Å²) in [5.74, 6) is 0. The molecule has 0 fully saturated rings. The summed E-state index contributed by atoms with van der Waals surface area (Å²) in [6, 6.07) is 8.47. The van der Waals surface area contributed by atoms with Gasteiger partial charge in [-0.2, -0.15) is 5.10 Å². The largest absolute Gasteiger partial charge is 0.311 e. The Hall–Kier alpha value is -1.13. The first-order valence-corrected chi connectivity index (χ1v) is 6.59. The molecule has 2 aromatic rings. The van der Waals surface area contributed by atoms with Crippen molar-refractivity contribution in [3.8, 4) is 5.69 Å². The van der Waals surface area contributed by atoms with Crippen molar-refractivity contribution in [1.29, 1.82) is 0 Å². The number of benzene rings is 1. The van der Waals surface area contributed by atoms with Crippen molar-refractivity contribution < 1.29 is 0 Å². The molecule has 0 saturated heterocycles. The van der Waals surface area contributed by atoms with Crippen LogP contribution in [0.25, 0.3) is 5.69 Å². The molecule has 1 N–H and O–H groups in total. The Balaban J connectivity index is 2.11. The molecule has 0 saturated carbocycles. The smallest absolute Gasteiger partial charge is 0.132 e. The second kappa shape index (κ2) is 4.27. The van der Waals surface area contributed by atoms with Crippen LogP contribution >= 0.6 is 15.9 Å². The van der Waals surface area contributed by atoms with Crippen LogP contribution in [0.2, 0.25) is 0 Å². The lowest BCUT2D eigenvalue weighted by Gasteiger charge is -2.15. The topological polar surface area (TPSA) is 29.9 Å². The van der Waals surface area contributed by atoms with Gasteiger partial charge in [-0.1, -0.05) is 17.7 Å². The number of halogens is 1. The van der Waals surface area contributed by atoms with E-state index in [0.717, 1.165) is 29.8 Å². The van der Waals surface area contributed by atoms with E-state index >= 15 is 0 Å². The standard InChI is InChI=1S/C13H14BrN3/c1-9-2-4-10(5-3-9)17-12-8-15-7-6-11(12)13(14)16-17/h2-5,15H,6-8H2,1H3. The maximum atomic E-state index is 4.59. The van der Waals surface area contributed by atoms with Crippen molar-refractivity contribution in [2.75, 3.05) is 6.54 Å². The first-order chi connectivity index (χ1) is 8.25. The highest BCUT2D eigenvalue weighted by atomic mass is 79.9. The quantitative estimate of drug-likeness (QED) is 0.875. The second-order valence-electron chi connectivity index (χ2n) is 4.39. The van der Waals surface area contributed by atoms with Crippen LogP contribution in [-0.4, -0.2) is 16.3 Å². The van der Waals surface area contributed by atoms with Gasteiger partial charge in [0.1, 0.15) is 4.60 Å². The average Bonchev–Trinajstić information content (AvgIpc) is 2.69. The third kappa shape index (κ3) is 1.91. The van der Waals surface area contributed by atoms with Crippen LogP contribution in [0.3, 0.4) is 0 Å². The van der Waals surface area contributed by atoms with Crippen molar-refractivity contribution in [1.82, 2.24) is 15.1 Å². The minimum absolute atomic E-state index is 0.891. The monoisotopic (exact) mass is 291 g/mol. The number of fused-ring (bicyclic) bond motifs is 1. The van der Waals surface area contributed by atoms with E-state index in [0.29, 0.717) is 0 Å². The molecule has 0 amide bonds. The van der Waals surface area contributed by atoms with E-state index < -0.39 is 0 Å². The van der Waals surface area contributed by atoms with Gasteiger partial charge in [0.25, 0.3) is 0 Å². The van der Waals surface area contributed by atoms with E-state index in [-0.39, 0.29) is 0 Å². The van der Waals surface area contributed by atoms with Crippen molar-refractivity contribution >= 4 is 15.9 Å². The van der Waals surface area contributed by atoms with E-state index in [1.807, 2.05) is 4.68 Å². The summed E-state index contributed by atoms with van der Waals surface area (Å²) in [7, 11) is 0. The molecule has 0 atom stereocenters. The van der Waals surface area contributed by atoms with Crippen LogP contribution in [0.15, 0.2) is 28.9 Å². The summed E-state index contributed by atoms with van der Waals surface area (Å²) >= 11 is 3.55. The number of hydrogen-bond acceptors (Lipinski definition) is 2. The van der Waals surface area contributed by atoms with Crippen LogP contribution in [0.4, 0.5) is 0 Å². The van der Waals surface area contributed by atoms with E-state index in [1.165, 1.54) is 16.8 Å². The Morgan fingerprint density at radius 2 is 2.06 bits per heavy atom. The highest BCUT2D eigenvalue weighted by Gasteiger charge is 2.19. The molecule has 3 rings (SSSR count). The first-order valence-electron chi connectivity index (χ1n) is 5.80. The predicted molar refractivity (Wildman–Crippen MR) is 71.4 cm³/mol. The lowest BCUT2D eigenvalue weighted by Crippen LogP contribution is -2.25. The SMILES string of the molecule is Cc1ccc(-n2nc(Br)c3c2CNCC3)cc1. The number of rotatable bonds is 1. The van der Waals surface area contributed by atoms with Crippen LogP contribution < -0.4 is 5.32 Å². The van der Waals surface area contributed by atoms with Gasteiger partial charge in [0.05, 0.1) is 11.4 Å². The van der Waals surface area contributed by atoms with Gasteiger partial charge < -0.3 is 5.32 Å². The van der Waals surface area contributed by atoms with Crippen molar-refractivity contribution in [3.63, 3.8) is 0 Å². The molecule has 88 valence electrons. The van der Waals surface area contributed by atoms with Gasteiger partial charge in [-0.15, -0.1) is 0 Å². The predicted octanol–water partition coefficient (Wildman–Crippen LogP) is 2.59. The molecule has 4 heteroatoms. The molecule has 0 aliphatic carbocycles. The first kappa shape index (κ1) is 11.0. The van der Waals surface area contributed by atoms with Crippen LogP contribution in [0.1, 0.15) is 16.8 Å². The van der Waals surface area contributed by atoms with E-state index in [2.05, 4.69) is 57.5 Å². The van der Waals surface area contributed by atoms with Crippen molar-refractivity contribution in [2.24, 2.45) is 0 Å². The van der Waals surface area contributed by atoms with Gasteiger partial charge in [-0.05, 0) is 48.0 Å². The molecule has 0 spiro atoms. The van der Waals surface area contributed by atoms with E-state index in [4.69, 9.17) is 0 Å². The highest BCUT2D eigenvalue weighted by molar-refractivity contribution is 9.10. The van der Waals surface area contributed by atoms with Gasteiger partial charge in [-0.25, -0.2) is 4.68 Å². The summed E-state index contributed by atoms with van der Waals surface area (Å²) in [6.07, 6.45) is 1.04. The number of nitrogens with one attached hydrogen (secondary N) is 1. The molecule has 17 heavy (non-hydrogen) atoms. The maximum absolute atomic E-state index is 4.59. The summed E-state index contributed by atoms with van der Waals surface area (Å²) in [5.41, 5.74) is 5.00. The summed E-state index contributed by atoms with van der Waals surface area (Å²) < 4.78 is 3.01. The van der Waals surface area contributed by atoms with Gasteiger partial charge in [0.15, 0.2) is 0 Å². The molecule has 1 aromatic heterocycles. The Bertz CT molecular complexity index is 543. The van der Waals surface area contributed by atoms with E-state index in [1.54, 1.807) is 0 Å². The van der Waals surface area contributed by atoms with Gasteiger partial charge in [0, 0.05) is 12.1 Å². The Kier molecular flexibility index (Phi) is 2.76. The lowest BCUT2D eigenvalue weighted by molar-refractivity contribution is 0.614. The zero-order valence-electron chi connectivity index (χ0n) is 9.70. The number of hydrogen-bond donors (Lipinski definition) is 1. The minimum atomic E-state index is 0.891. The van der Waals surface area contributed by atoms with Crippen LogP contribution in [-0.2, 0) is 13.0 Å². The molecular formula is C13H14BrN3. The fraction of sp³-hybridized carbons (Fsp3) is 0.308. The Labute approximate surface area is 109 Å². The van der Waals surface area contributed by atoms with E-state index in [9.17, 15) is 0 Å². The molecule has 0 unspecified atom stereocenters. The Morgan fingerprint density at radius 3 is 2.82 bits per heavy atom. The molecule has 1 aliphatic rings. The molecule has 2 heterocycles. The molecule has 0 radical (unpaired) electrons. The lowest BCUT2D eigenvalue weighted by atomic mass is 10.1. The van der Waals surface area contributed by atoms with Crippen LogP contribution in [0, 0.1) is 6.92 Å². The normalized spacial score (nSPS) is 14.7. The second-order valence-corrected chi connectivity index (χ2v) is 5.14. The summed E-state index contributed by atoms with van der Waals surface area (Å²) in [6.45, 7) is 4.02. The molecule has 1 aromatic carbocycles. The summed E-state index contributed by atoms with van der Waals surface area (Å²) in [4.78, 5) is 0. The third-order valence-corrected chi connectivity index (χ3v) is 3.80. The third-order valence-electron chi connectivity index (χ3n) is 3.16. The fourth-order valence-corrected chi connectivity index (χ4v) is 2.79. The molecular weight excluding hydrogens is 278 g/mol.